The molecule has 4 rings (SSSR count). The van der Waals surface area contributed by atoms with Gasteiger partial charge in [-0.25, -0.2) is 8.42 Å². The zero-order valence-corrected chi connectivity index (χ0v) is 20.1. The van der Waals surface area contributed by atoms with Crippen molar-refractivity contribution in [2.75, 3.05) is 32.8 Å². The van der Waals surface area contributed by atoms with Crippen LogP contribution in [0.4, 0.5) is 0 Å². The number of hydrogen-bond acceptors (Lipinski definition) is 6. The minimum atomic E-state index is -3.78. The topological polar surface area (TPSA) is 108 Å². The monoisotopic (exact) mass is 493 g/mol. The quantitative estimate of drug-likeness (QED) is 0.636. The van der Waals surface area contributed by atoms with E-state index >= 15 is 0 Å². The molecule has 8 nitrogen and oxygen atoms in total. The molecule has 0 unspecified atom stereocenters. The first-order chi connectivity index (χ1) is 15.7. The number of rotatable bonds is 4. The number of morpholine rings is 1. The van der Waals surface area contributed by atoms with Crippen molar-refractivity contribution >= 4 is 33.3 Å². The molecule has 1 saturated carbocycles. The highest BCUT2D eigenvalue weighted by atomic mass is 35.5. The number of likely N-dealkylation sites (tertiary alicyclic amines) is 1. The number of nitrogens with zero attached hydrogens (tertiary/aromatic N) is 3. The minimum Gasteiger partial charge on any atom is -0.378 e. The van der Waals surface area contributed by atoms with Crippen LogP contribution in [0.1, 0.15) is 31.2 Å². The summed E-state index contributed by atoms with van der Waals surface area (Å²) in [5, 5.41) is 9.04. The molecular weight excluding hydrogens is 466 g/mol. The molecule has 0 aromatic heterocycles. The highest BCUT2D eigenvalue weighted by Gasteiger charge is 2.50. The molecule has 0 spiro atoms. The Morgan fingerprint density at radius 1 is 1.12 bits per heavy atom. The first-order valence-corrected chi connectivity index (χ1v) is 13.2. The van der Waals surface area contributed by atoms with Gasteiger partial charge in [-0.1, -0.05) is 11.6 Å². The van der Waals surface area contributed by atoms with Crippen LogP contribution >= 0.6 is 11.6 Å². The zero-order chi connectivity index (χ0) is 23.8. The highest BCUT2D eigenvalue weighted by Crippen LogP contribution is 2.42. The van der Waals surface area contributed by atoms with Crippen molar-refractivity contribution < 1.29 is 22.7 Å². The van der Waals surface area contributed by atoms with Crippen molar-refractivity contribution in [3.8, 4) is 6.07 Å². The van der Waals surface area contributed by atoms with Gasteiger partial charge in [-0.3, -0.25) is 9.59 Å². The third kappa shape index (κ3) is 4.61. The molecule has 178 valence electrons. The van der Waals surface area contributed by atoms with Crippen LogP contribution < -0.4 is 0 Å². The van der Waals surface area contributed by atoms with Gasteiger partial charge < -0.3 is 14.5 Å². The molecule has 2 amide bonds. The van der Waals surface area contributed by atoms with Gasteiger partial charge in [0.05, 0.1) is 41.3 Å². The number of halogens is 1. The SMILES string of the molecule is Cc1cc(Cl)ccc1S(=O)(=O)[C@H]1C[C@H](C(=O)N2CCOCC2)[C@H](C(=O)N2CCC[C@H]2C#N)C1. The van der Waals surface area contributed by atoms with Gasteiger partial charge >= 0.3 is 0 Å². The van der Waals surface area contributed by atoms with Crippen LogP contribution in [0.15, 0.2) is 23.1 Å². The second kappa shape index (κ2) is 9.61. The number of hydrogen-bond donors (Lipinski definition) is 0. The number of ether oxygens (including phenoxy) is 1. The Kier molecular flexibility index (Phi) is 6.99. The number of aryl methyl sites for hydroxylation is 1. The lowest BCUT2D eigenvalue weighted by Crippen LogP contribution is -2.47. The van der Waals surface area contributed by atoms with E-state index in [1.54, 1.807) is 17.9 Å². The van der Waals surface area contributed by atoms with Crippen LogP contribution in [0, 0.1) is 30.1 Å². The van der Waals surface area contributed by atoms with Gasteiger partial charge in [0.15, 0.2) is 9.84 Å². The predicted octanol–water partition coefficient (Wildman–Crippen LogP) is 2.19. The standard InChI is InChI=1S/C23H28ClN3O5S/c1-15-11-16(24)4-5-21(15)33(30,31)18-12-19(22(28)26-7-9-32-10-8-26)20(13-18)23(29)27-6-2-3-17(27)14-25/h4-5,11,17-20H,2-3,6-10,12-13H2,1H3/t17-,18-,19-,20+/m0/s1. The van der Waals surface area contributed by atoms with E-state index in [0.29, 0.717) is 49.9 Å². The van der Waals surface area contributed by atoms with E-state index in [2.05, 4.69) is 6.07 Å². The van der Waals surface area contributed by atoms with Gasteiger partial charge in [0.25, 0.3) is 0 Å². The Balaban J connectivity index is 1.65. The van der Waals surface area contributed by atoms with Crippen LogP contribution in [0.5, 0.6) is 0 Å². The molecule has 3 fully saturated rings. The van der Waals surface area contributed by atoms with Gasteiger partial charge in [-0.2, -0.15) is 5.26 Å². The smallest absolute Gasteiger partial charge is 0.227 e. The summed E-state index contributed by atoms with van der Waals surface area (Å²) < 4.78 is 32.5. The normalized spacial score (nSPS) is 28.0. The summed E-state index contributed by atoms with van der Waals surface area (Å²) in [4.78, 5) is 30.3. The summed E-state index contributed by atoms with van der Waals surface area (Å²) in [5.74, 6) is -1.98. The Labute approximate surface area is 199 Å². The molecule has 33 heavy (non-hydrogen) atoms. The lowest BCUT2D eigenvalue weighted by molar-refractivity contribution is -0.147. The van der Waals surface area contributed by atoms with Crippen molar-refractivity contribution in [2.24, 2.45) is 11.8 Å². The fourth-order valence-corrected chi connectivity index (χ4v) is 7.57. The van der Waals surface area contributed by atoms with Crippen molar-refractivity contribution in [2.45, 2.75) is 48.8 Å². The number of nitriles is 1. The molecule has 3 aliphatic rings. The number of sulfone groups is 1. The second-order valence-corrected chi connectivity index (χ2v) is 11.7. The highest BCUT2D eigenvalue weighted by molar-refractivity contribution is 7.92. The maximum absolute atomic E-state index is 13.6. The molecule has 2 heterocycles. The zero-order valence-electron chi connectivity index (χ0n) is 18.6. The molecule has 0 radical (unpaired) electrons. The van der Waals surface area contributed by atoms with E-state index in [-0.39, 0.29) is 29.6 Å². The van der Waals surface area contributed by atoms with Crippen molar-refractivity contribution in [1.82, 2.24) is 9.80 Å². The van der Waals surface area contributed by atoms with E-state index in [1.165, 1.54) is 17.0 Å². The summed E-state index contributed by atoms with van der Waals surface area (Å²) in [6, 6.07) is 6.28. The Morgan fingerprint density at radius 2 is 1.79 bits per heavy atom. The summed E-state index contributed by atoms with van der Waals surface area (Å²) in [6.07, 6.45) is 1.48. The molecule has 1 aliphatic carbocycles. The maximum atomic E-state index is 13.6. The van der Waals surface area contributed by atoms with Gasteiger partial charge in [-0.05, 0) is 56.4 Å². The number of benzene rings is 1. The van der Waals surface area contributed by atoms with E-state index in [0.717, 1.165) is 6.42 Å². The van der Waals surface area contributed by atoms with Gasteiger partial charge in [0, 0.05) is 24.7 Å². The number of amides is 2. The fourth-order valence-electron chi connectivity index (χ4n) is 5.30. The average Bonchev–Trinajstić information content (AvgIpc) is 3.46. The predicted molar refractivity (Wildman–Crippen MR) is 121 cm³/mol. The summed E-state index contributed by atoms with van der Waals surface area (Å²) in [5.41, 5.74) is 0.539. The van der Waals surface area contributed by atoms with E-state index in [4.69, 9.17) is 16.3 Å². The van der Waals surface area contributed by atoms with Gasteiger partial charge in [0.2, 0.25) is 11.8 Å². The minimum absolute atomic E-state index is 0.0681. The largest absolute Gasteiger partial charge is 0.378 e. The summed E-state index contributed by atoms with van der Waals surface area (Å²) in [7, 11) is -3.78. The summed E-state index contributed by atoms with van der Waals surface area (Å²) in [6.45, 7) is 3.84. The first-order valence-electron chi connectivity index (χ1n) is 11.3. The lowest BCUT2D eigenvalue weighted by atomic mass is 9.92. The molecular formula is C23H28ClN3O5S. The first kappa shape index (κ1) is 24.0. The van der Waals surface area contributed by atoms with E-state index in [1.807, 2.05) is 0 Å². The van der Waals surface area contributed by atoms with E-state index < -0.39 is 33.0 Å². The Morgan fingerprint density at radius 3 is 2.42 bits per heavy atom. The molecule has 1 aromatic carbocycles. The van der Waals surface area contributed by atoms with Crippen molar-refractivity contribution in [3.63, 3.8) is 0 Å². The second-order valence-electron chi connectivity index (χ2n) is 9.02. The third-order valence-electron chi connectivity index (χ3n) is 7.04. The third-order valence-corrected chi connectivity index (χ3v) is 9.61. The molecule has 10 heteroatoms. The Hall–Kier alpha value is -2.15. The van der Waals surface area contributed by atoms with Crippen LogP contribution in [-0.4, -0.2) is 74.2 Å². The van der Waals surface area contributed by atoms with Gasteiger partial charge in [-0.15, -0.1) is 0 Å². The fraction of sp³-hybridized carbons (Fsp3) is 0.609. The van der Waals surface area contributed by atoms with Crippen molar-refractivity contribution in [3.05, 3.63) is 28.8 Å². The maximum Gasteiger partial charge on any atom is 0.227 e. The average molecular weight is 494 g/mol. The van der Waals surface area contributed by atoms with Crippen LogP contribution in [-0.2, 0) is 24.2 Å². The molecule has 0 bridgehead atoms. The van der Waals surface area contributed by atoms with E-state index in [9.17, 15) is 23.3 Å². The number of carbonyl (C=O) groups excluding carboxylic acids is 2. The molecule has 4 atom stereocenters. The molecule has 2 aliphatic heterocycles. The van der Waals surface area contributed by atoms with Crippen LogP contribution in [0.3, 0.4) is 0 Å². The van der Waals surface area contributed by atoms with Crippen LogP contribution in [0.2, 0.25) is 5.02 Å². The molecule has 1 aromatic rings. The molecule has 2 saturated heterocycles. The summed E-state index contributed by atoms with van der Waals surface area (Å²) >= 11 is 6.01. The Bertz CT molecular complexity index is 1080. The lowest BCUT2D eigenvalue weighted by Gasteiger charge is -2.32. The van der Waals surface area contributed by atoms with Gasteiger partial charge in [0.1, 0.15) is 6.04 Å². The van der Waals surface area contributed by atoms with Crippen LogP contribution in [0.25, 0.3) is 0 Å². The molecule has 0 N–H and O–H groups in total. The number of carbonyl (C=O) groups is 2. The van der Waals surface area contributed by atoms with Crippen molar-refractivity contribution in [1.29, 1.82) is 5.26 Å².